The molecule has 5 heteroatoms. The van der Waals surface area contributed by atoms with Gasteiger partial charge in [0.2, 0.25) is 0 Å². The van der Waals surface area contributed by atoms with E-state index in [2.05, 4.69) is 42.1 Å². The Morgan fingerprint density at radius 2 is 1.69 bits per heavy atom. The molecule has 0 heterocycles. The van der Waals surface area contributed by atoms with Crippen molar-refractivity contribution in [3.8, 4) is 0 Å². The molecule has 2 aromatic rings. The van der Waals surface area contributed by atoms with Crippen LogP contribution in [0.4, 0.5) is 0 Å². The first kappa shape index (κ1) is 19.5. The Morgan fingerprint density at radius 1 is 1.04 bits per heavy atom. The number of azide groups is 1. The van der Waals surface area contributed by atoms with Crippen molar-refractivity contribution in [1.29, 1.82) is 0 Å². The fourth-order valence-corrected chi connectivity index (χ4v) is 2.74. The predicted molar refractivity (Wildman–Crippen MR) is 103 cm³/mol. The quantitative estimate of drug-likeness (QED) is 0.296. The molecule has 0 bridgehead atoms. The van der Waals surface area contributed by atoms with Crippen LogP contribution in [0, 0.1) is 33.6 Å². The van der Waals surface area contributed by atoms with Gasteiger partial charge in [-0.1, -0.05) is 29.4 Å². The number of carbonyl (C=O) groups excluding carboxylic acids is 1. The summed E-state index contributed by atoms with van der Waals surface area (Å²) in [5.41, 5.74) is 15.0. The van der Waals surface area contributed by atoms with Crippen molar-refractivity contribution in [2.75, 3.05) is 13.2 Å². The summed E-state index contributed by atoms with van der Waals surface area (Å²) in [4.78, 5) is 15.2. The minimum atomic E-state index is -0.348. The average Bonchev–Trinajstić information content (AvgIpc) is 2.62. The van der Waals surface area contributed by atoms with Crippen LogP contribution >= 0.6 is 0 Å². The molecule has 0 aliphatic rings. The zero-order valence-corrected chi connectivity index (χ0v) is 15.8. The molecule has 2 rings (SSSR count). The van der Waals surface area contributed by atoms with Crippen LogP contribution < -0.4 is 0 Å². The van der Waals surface area contributed by atoms with Gasteiger partial charge in [0.15, 0.2) is 0 Å². The molecule has 0 radical (unpaired) electrons. The molecule has 0 aliphatic carbocycles. The summed E-state index contributed by atoms with van der Waals surface area (Å²) in [6.07, 6.45) is 0.695. The minimum Gasteiger partial charge on any atom is -0.462 e. The van der Waals surface area contributed by atoms with Gasteiger partial charge in [0.25, 0.3) is 0 Å². The zero-order valence-electron chi connectivity index (χ0n) is 15.8. The number of ether oxygens (including phenoxy) is 1. The molecule has 0 aliphatic heterocycles. The van der Waals surface area contributed by atoms with Gasteiger partial charge in [0.1, 0.15) is 0 Å². The van der Waals surface area contributed by atoms with E-state index in [4.69, 9.17) is 10.3 Å². The number of hydrogen-bond acceptors (Lipinski definition) is 3. The third kappa shape index (κ3) is 5.36. The van der Waals surface area contributed by atoms with Crippen LogP contribution in [0.1, 0.15) is 38.2 Å². The smallest absolute Gasteiger partial charge is 0.338 e. The second kappa shape index (κ2) is 9.07. The maximum absolute atomic E-state index is 12.3. The van der Waals surface area contributed by atoms with E-state index in [1.165, 1.54) is 11.1 Å². The highest BCUT2D eigenvalue weighted by atomic mass is 16.5. The number of nitrogens with zero attached hydrogens (tertiary/aromatic N) is 3. The number of benzene rings is 2. The number of esters is 1. The van der Waals surface area contributed by atoms with Crippen LogP contribution in [0.25, 0.3) is 10.4 Å². The lowest BCUT2D eigenvalue weighted by atomic mass is 9.97. The lowest BCUT2D eigenvalue weighted by Crippen LogP contribution is -2.19. The van der Waals surface area contributed by atoms with Gasteiger partial charge in [-0.15, -0.1) is 0 Å². The van der Waals surface area contributed by atoms with Gasteiger partial charge in [-0.05, 0) is 79.6 Å². The topological polar surface area (TPSA) is 75.1 Å². The number of aryl methyl sites for hydroxylation is 4. The minimum absolute atomic E-state index is 0.0523. The highest BCUT2D eigenvalue weighted by Gasteiger charge is 2.14. The lowest BCUT2D eigenvalue weighted by molar-refractivity contribution is 0.0443. The first-order valence-electron chi connectivity index (χ1n) is 8.72. The van der Waals surface area contributed by atoms with Crippen LogP contribution in [-0.4, -0.2) is 19.1 Å². The lowest BCUT2D eigenvalue weighted by Gasteiger charge is -2.16. The first-order valence-corrected chi connectivity index (χ1v) is 8.72. The molecule has 0 amide bonds. The maximum Gasteiger partial charge on any atom is 0.338 e. The maximum atomic E-state index is 12.3. The van der Waals surface area contributed by atoms with Crippen molar-refractivity contribution in [3.63, 3.8) is 0 Å². The molecule has 2 aromatic carbocycles. The van der Waals surface area contributed by atoms with Gasteiger partial charge in [-0.3, -0.25) is 0 Å². The van der Waals surface area contributed by atoms with Gasteiger partial charge >= 0.3 is 5.97 Å². The molecule has 5 nitrogen and oxygen atoms in total. The predicted octanol–water partition coefficient (Wildman–Crippen LogP) is 5.25. The highest BCUT2D eigenvalue weighted by molar-refractivity contribution is 5.89. The second-order valence-electron chi connectivity index (χ2n) is 6.80. The Morgan fingerprint density at radius 3 is 2.31 bits per heavy atom. The van der Waals surface area contributed by atoms with Crippen LogP contribution in [-0.2, 0) is 11.2 Å². The van der Waals surface area contributed by atoms with Crippen molar-refractivity contribution in [2.45, 2.75) is 34.1 Å². The third-order valence-corrected chi connectivity index (χ3v) is 4.69. The fourth-order valence-electron chi connectivity index (χ4n) is 2.74. The van der Waals surface area contributed by atoms with Crippen molar-refractivity contribution in [2.24, 2.45) is 11.0 Å². The van der Waals surface area contributed by atoms with E-state index in [1.54, 1.807) is 6.07 Å². The van der Waals surface area contributed by atoms with E-state index in [0.717, 1.165) is 16.7 Å². The molecule has 0 N–H and O–H groups in total. The Kier molecular flexibility index (Phi) is 6.81. The zero-order chi connectivity index (χ0) is 19.1. The Bertz CT molecular complexity index is 839. The van der Waals surface area contributed by atoms with E-state index in [1.807, 2.05) is 26.0 Å². The molecule has 136 valence electrons. The molecular formula is C21H25N3O2. The summed E-state index contributed by atoms with van der Waals surface area (Å²) in [5.74, 6) is -0.400. The number of carbonyl (C=O) groups is 1. The fraction of sp³-hybridized carbons (Fsp3) is 0.381. The van der Waals surface area contributed by atoms with E-state index in [0.29, 0.717) is 18.5 Å². The summed E-state index contributed by atoms with van der Waals surface area (Å²) in [6.45, 7) is 8.63. The first-order chi connectivity index (χ1) is 12.4. The Labute approximate surface area is 154 Å². The Hall–Kier alpha value is -2.78. The molecular weight excluding hydrogens is 326 g/mol. The van der Waals surface area contributed by atoms with Gasteiger partial charge in [0, 0.05) is 17.4 Å². The van der Waals surface area contributed by atoms with Crippen molar-refractivity contribution < 1.29 is 9.53 Å². The molecule has 0 saturated heterocycles. The molecule has 0 fully saturated rings. The molecule has 0 aromatic heterocycles. The second-order valence-corrected chi connectivity index (χ2v) is 6.80. The van der Waals surface area contributed by atoms with Gasteiger partial charge in [-0.2, -0.15) is 0 Å². The Balaban J connectivity index is 2.04. The highest BCUT2D eigenvalue weighted by Crippen LogP contribution is 2.16. The molecule has 0 spiro atoms. The summed E-state index contributed by atoms with van der Waals surface area (Å²) >= 11 is 0. The summed E-state index contributed by atoms with van der Waals surface area (Å²) in [5, 5.41) is 3.67. The number of rotatable bonds is 7. The van der Waals surface area contributed by atoms with Gasteiger partial charge < -0.3 is 4.74 Å². The normalized spacial score (nSPS) is 11.5. The summed E-state index contributed by atoms with van der Waals surface area (Å²) < 4.78 is 5.49. The van der Waals surface area contributed by atoms with E-state index >= 15 is 0 Å². The molecule has 1 unspecified atom stereocenters. The monoisotopic (exact) mass is 351 g/mol. The average molecular weight is 351 g/mol. The molecule has 1 atom stereocenters. The number of hydrogen-bond donors (Lipinski definition) is 0. The standard InChI is InChI=1S/C21H25N3O2/c1-14-5-7-18(9-16(14)3)11-19(12-23-24-22)13-26-21(25)20-8-6-15(2)17(4)10-20/h5-10,19H,11-13H2,1-4H3. The van der Waals surface area contributed by atoms with E-state index < -0.39 is 0 Å². The van der Waals surface area contributed by atoms with Crippen LogP contribution in [0.15, 0.2) is 41.5 Å². The molecule has 0 saturated carbocycles. The third-order valence-electron chi connectivity index (χ3n) is 4.69. The van der Waals surface area contributed by atoms with Crippen molar-refractivity contribution in [1.82, 2.24) is 0 Å². The van der Waals surface area contributed by atoms with Gasteiger partial charge in [0.05, 0.1) is 12.2 Å². The summed E-state index contributed by atoms with van der Waals surface area (Å²) in [7, 11) is 0. The molecule has 26 heavy (non-hydrogen) atoms. The van der Waals surface area contributed by atoms with E-state index in [-0.39, 0.29) is 18.5 Å². The van der Waals surface area contributed by atoms with Crippen molar-refractivity contribution >= 4 is 5.97 Å². The van der Waals surface area contributed by atoms with Crippen LogP contribution in [0.2, 0.25) is 0 Å². The van der Waals surface area contributed by atoms with Gasteiger partial charge in [-0.25, -0.2) is 4.79 Å². The van der Waals surface area contributed by atoms with E-state index in [9.17, 15) is 4.79 Å². The largest absolute Gasteiger partial charge is 0.462 e. The van der Waals surface area contributed by atoms with Crippen LogP contribution in [0.3, 0.4) is 0 Å². The van der Waals surface area contributed by atoms with Crippen molar-refractivity contribution in [3.05, 3.63) is 80.2 Å². The SMILES string of the molecule is Cc1ccc(CC(CN=[N+]=[N-])COC(=O)c2ccc(C)c(C)c2)cc1C. The van der Waals surface area contributed by atoms with Crippen LogP contribution in [0.5, 0.6) is 0 Å². The summed E-state index contributed by atoms with van der Waals surface area (Å²) in [6, 6.07) is 11.8.